The molecule has 0 aromatic heterocycles. The van der Waals surface area contributed by atoms with Gasteiger partial charge in [-0.2, -0.15) is 0 Å². The zero-order chi connectivity index (χ0) is 9.30. The second kappa shape index (κ2) is 3.63. The van der Waals surface area contributed by atoms with Crippen molar-refractivity contribution in [3.63, 3.8) is 0 Å². The van der Waals surface area contributed by atoms with Crippen molar-refractivity contribution in [2.24, 2.45) is 0 Å². The van der Waals surface area contributed by atoms with Crippen molar-refractivity contribution in [1.29, 1.82) is 0 Å². The molecular weight excluding hydrogens is 171 g/mol. The van der Waals surface area contributed by atoms with E-state index in [2.05, 4.69) is 4.74 Å². The molecule has 0 saturated carbocycles. The molecule has 1 rings (SSSR count). The van der Waals surface area contributed by atoms with Crippen molar-refractivity contribution in [1.82, 2.24) is 0 Å². The maximum absolute atomic E-state index is 12.7. The van der Waals surface area contributed by atoms with Crippen LogP contribution >= 0.6 is 0 Å². The molecule has 6 heteroatoms. The molecule has 1 fully saturated rings. The predicted octanol–water partition coefficient (Wildman–Crippen LogP) is -2.24. The van der Waals surface area contributed by atoms with Crippen molar-refractivity contribution >= 4 is 0 Å². The van der Waals surface area contributed by atoms with E-state index in [1.807, 2.05) is 0 Å². The first-order chi connectivity index (χ1) is 5.57. The second-order valence-electron chi connectivity index (χ2n) is 2.67. The van der Waals surface area contributed by atoms with E-state index in [1.165, 1.54) is 0 Å². The fourth-order valence-electron chi connectivity index (χ4n) is 1.06. The molecule has 0 spiro atoms. The fraction of sp³-hybridized carbons (Fsp3) is 1.00. The summed E-state index contributed by atoms with van der Waals surface area (Å²) in [6, 6.07) is 0. The van der Waals surface area contributed by atoms with Gasteiger partial charge in [-0.15, -0.1) is 0 Å². The van der Waals surface area contributed by atoms with Gasteiger partial charge in [-0.25, -0.2) is 4.39 Å². The van der Waals surface area contributed by atoms with Gasteiger partial charge in [0.15, 0.2) is 12.5 Å². The Hall–Kier alpha value is -0.270. The maximum Gasteiger partial charge on any atom is 0.189 e. The summed E-state index contributed by atoms with van der Waals surface area (Å²) in [6.45, 7) is -0.581. The molecule has 0 aliphatic carbocycles. The number of hydrogen-bond acceptors (Lipinski definition) is 5. The van der Waals surface area contributed by atoms with E-state index >= 15 is 0 Å². The monoisotopic (exact) mass is 182 g/mol. The fourth-order valence-corrected chi connectivity index (χ4v) is 1.06. The SMILES string of the molecule is OC[C@@H]1O[C@H](O)[C@H](F)[C@@H](O)[C@H]1O. The lowest BCUT2D eigenvalue weighted by atomic mass is 10.0. The number of aliphatic hydroxyl groups is 4. The Labute approximate surface area is 68.0 Å². The zero-order valence-electron chi connectivity index (χ0n) is 6.17. The molecule has 1 aliphatic heterocycles. The minimum Gasteiger partial charge on any atom is -0.394 e. The quantitative estimate of drug-likeness (QED) is 0.368. The molecular formula is C6H11FO5. The third-order valence-electron chi connectivity index (χ3n) is 1.82. The molecule has 0 aromatic carbocycles. The number of halogens is 1. The topological polar surface area (TPSA) is 90.2 Å². The van der Waals surface area contributed by atoms with Crippen LogP contribution in [0.2, 0.25) is 0 Å². The van der Waals surface area contributed by atoms with Crippen LogP contribution in [0.15, 0.2) is 0 Å². The zero-order valence-corrected chi connectivity index (χ0v) is 6.17. The molecule has 0 aromatic rings. The van der Waals surface area contributed by atoms with Crippen LogP contribution in [0.1, 0.15) is 0 Å². The van der Waals surface area contributed by atoms with E-state index in [9.17, 15) is 4.39 Å². The summed E-state index contributed by atoms with van der Waals surface area (Å²) in [5.41, 5.74) is 0. The lowest BCUT2D eigenvalue weighted by Crippen LogP contribution is -2.56. The minimum atomic E-state index is -2.04. The van der Waals surface area contributed by atoms with Crippen molar-refractivity contribution in [3.05, 3.63) is 0 Å². The highest BCUT2D eigenvalue weighted by molar-refractivity contribution is 4.88. The van der Waals surface area contributed by atoms with E-state index in [0.29, 0.717) is 0 Å². The average molecular weight is 182 g/mol. The lowest BCUT2D eigenvalue weighted by Gasteiger charge is -2.36. The first kappa shape index (κ1) is 9.82. The molecule has 0 amide bonds. The smallest absolute Gasteiger partial charge is 0.189 e. The molecule has 12 heavy (non-hydrogen) atoms. The Morgan fingerprint density at radius 3 is 2.25 bits per heavy atom. The van der Waals surface area contributed by atoms with Crippen molar-refractivity contribution in [2.75, 3.05) is 6.61 Å². The number of aliphatic hydroxyl groups excluding tert-OH is 4. The van der Waals surface area contributed by atoms with Gasteiger partial charge in [0.2, 0.25) is 0 Å². The number of hydrogen-bond donors (Lipinski definition) is 4. The Kier molecular flexibility index (Phi) is 2.97. The van der Waals surface area contributed by atoms with Crippen LogP contribution in [-0.2, 0) is 4.74 Å². The van der Waals surface area contributed by atoms with Crippen LogP contribution in [0.3, 0.4) is 0 Å². The van der Waals surface area contributed by atoms with Crippen LogP contribution in [-0.4, -0.2) is 57.8 Å². The Morgan fingerprint density at radius 1 is 1.17 bits per heavy atom. The Bertz CT molecular complexity index is 150. The normalized spacial score (nSPS) is 49.2. The third kappa shape index (κ3) is 1.57. The van der Waals surface area contributed by atoms with Crippen molar-refractivity contribution in [2.45, 2.75) is 30.8 Å². The van der Waals surface area contributed by atoms with E-state index < -0.39 is 37.4 Å². The molecule has 1 heterocycles. The molecule has 0 bridgehead atoms. The third-order valence-corrected chi connectivity index (χ3v) is 1.82. The van der Waals surface area contributed by atoms with E-state index in [4.69, 9.17) is 20.4 Å². The molecule has 1 aliphatic rings. The van der Waals surface area contributed by atoms with Gasteiger partial charge in [-0.05, 0) is 0 Å². The van der Waals surface area contributed by atoms with Gasteiger partial charge >= 0.3 is 0 Å². The largest absolute Gasteiger partial charge is 0.394 e. The van der Waals surface area contributed by atoms with E-state index in [0.717, 1.165) is 0 Å². The Morgan fingerprint density at radius 2 is 1.75 bits per heavy atom. The van der Waals surface area contributed by atoms with E-state index in [-0.39, 0.29) is 0 Å². The van der Waals surface area contributed by atoms with Crippen LogP contribution in [0, 0.1) is 0 Å². The summed E-state index contributed by atoms with van der Waals surface area (Å²) in [5, 5.41) is 35.3. The summed E-state index contributed by atoms with van der Waals surface area (Å²) in [4.78, 5) is 0. The van der Waals surface area contributed by atoms with Crippen LogP contribution in [0.4, 0.5) is 4.39 Å². The first-order valence-corrected chi connectivity index (χ1v) is 3.52. The number of ether oxygens (including phenoxy) is 1. The lowest BCUT2D eigenvalue weighted by molar-refractivity contribution is -0.271. The first-order valence-electron chi connectivity index (χ1n) is 3.52. The maximum atomic E-state index is 12.7. The number of alkyl halides is 1. The van der Waals surface area contributed by atoms with Gasteiger partial charge in [0.25, 0.3) is 0 Å². The average Bonchev–Trinajstić information content (AvgIpc) is 2.08. The molecule has 72 valence electrons. The highest BCUT2D eigenvalue weighted by Crippen LogP contribution is 2.21. The summed E-state index contributed by atoms with van der Waals surface area (Å²) >= 11 is 0. The summed E-state index contributed by atoms with van der Waals surface area (Å²) in [5.74, 6) is 0. The highest BCUT2D eigenvalue weighted by Gasteiger charge is 2.43. The highest BCUT2D eigenvalue weighted by atomic mass is 19.1. The van der Waals surface area contributed by atoms with Crippen LogP contribution in [0.25, 0.3) is 0 Å². The van der Waals surface area contributed by atoms with Gasteiger partial charge < -0.3 is 25.2 Å². The summed E-state index contributed by atoms with van der Waals surface area (Å²) < 4.78 is 17.1. The van der Waals surface area contributed by atoms with Crippen molar-refractivity contribution < 1.29 is 29.6 Å². The summed E-state index contributed by atoms with van der Waals surface area (Å²) in [6.07, 6.45) is -8.19. The van der Waals surface area contributed by atoms with Gasteiger partial charge in [0.1, 0.15) is 18.3 Å². The molecule has 5 nitrogen and oxygen atoms in total. The molecule has 5 atom stereocenters. The predicted molar refractivity (Wildman–Crippen MR) is 34.9 cm³/mol. The van der Waals surface area contributed by atoms with Crippen LogP contribution < -0.4 is 0 Å². The minimum absolute atomic E-state index is 0.581. The van der Waals surface area contributed by atoms with Gasteiger partial charge in [-0.1, -0.05) is 0 Å². The summed E-state index contributed by atoms with van der Waals surface area (Å²) in [7, 11) is 0. The molecule has 0 radical (unpaired) electrons. The van der Waals surface area contributed by atoms with Crippen molar-refractivity contribution in [3.8, 4) is 0 Å². The molecule has 4 N–H and O–H groups in total. The van der Waals surface area contributed by atoms with Gasteiger partial charge in [0.05, 0.1) is 6.61 Å². The van der Waals surface area contributed by atoms with E-state index in [1.54, 1.807) is 0 Å². The van der Waals surface area contributed by atoms with Gasteiger partial charge in [-0.3, -0.25) is 0 Å². The molecule has 1 saturated heterocycles. The van der Waals surface area contributed by atoms with Gasteiger partial charge in [0, 0.05) is 0 Å². The second-order valence-corrected chi connectivity index (χ2v) is 2.67. The number of rotatable bonds is 1. The Balaban J connectivity index is 2.63. The molecule has 0 unspecified atom stereocenters. The van der Waals surface area contributed by atoms with Crippen LogP contribution in [0.5, 0.6) is 0 Å². The standard InChI is InChI=1S/C6H11FO5/c7-3-5(10)4(9)2(1-8)12-6(3)11/h2-6,8-11H,1H2/t2-,3+,4-,5+,6-/m0/s1.